The normalized spacial score (nSPS) is 10.6. The molecule has 12 nitrogen and oxygen atoms in total. The third-order valence-electron chi connectivity index (χ3n) is 7.20. The van der Waals surface area contributed by atoms with Crippen molar-refractivity contribution in [3.8, 4) is 0 Å². The second-order valence-electron chi connectivity index (χ2n) is 11.4. The predicted octanol–water partition coefficient (Wildman–Crippen LogP) is 6.94. The lowest BCUT2D eigenvalue weighted by Crippen LogP contribution is -2.29. The van der Waals surface area contributed by atoms with Gasteiger partial charge in [-0.2, -0.15) is 0 Å². The van der Waals surface area contributed by atoms with Crippen LogP contribution in [0.3, 0.4) is 0 Å². The Bertz CT molecular complexity index is 1430. The van der Waals surface area contributed by atoms with Crippen LogP contribution >= 0.6 is 22.9 Å². The van der Waals surface area contributed by atoms with Crippen LogP contribution in [0, 0.1) is 13.8 Å². The zero-order valence-corrected chi connectivity index (χ0v) is 31.5. The number of benzene rings is 1. The van der Waals surface area contributed by atoms with Crippen LogP contribution in [0.5, 0.6) is 0 Å². The smallest absolute Gasteiger partial charge is 0.267 e. The Labute approximate surface area is 300 Å². The molecule has 0 saturated heterocycles. The van der Waals surface area contributed by atoms with Crippen molar-refractivity contribution in [3.63, 3.8) is 0 Å². The molecule has 0 spiro atoms. The van der Waals surface area contributed by atoms with E-state index in [2.05, 4.69) is 53.5 Å². The van der Waals surface area contributed by atoms with Crippen LogP contribution < -0.4 is 26.6 Å². The van der Waals surface area contributed by atoms with Crippen molar-refractivity contribution in [2.24, 2.45) is 0 Å². The average Bonchev–Trinajstić information content (AvgIpc) is 3.54. The molecule has 0 bridgehead atoms. The molecule has 2 aromatic heterocycles. The Morgan fingerprint density at radius 2 is 1.55 bits per heavy atom. The first-order valence-electron chi connectivity index (χ1n) is 17.3. The molecule has 0 radical (unpaired) electrons. The van der Waals surface area contributed by atoms with E-state index in [1.807, 2.05) is 52.8 Å². The number of rotatable bonds is 21. The lowest BCUT2D eigenvalue weighted by atomic mass is 10.2. The number of thiazole rings is 1. The van der Waals surface area contributed by atoms with E-state index in [9.17, 15) is 14.4 Å². The van der Waals surface area contributed by atoms with E-state index in [0.29, 0.717) is 64.1 Å². The van der Waals surface area contributed by atoms with Gasteiger partial charge in [0.25, 0.3) is 5.91 Å². The van der Waals surface area contributed by atoms with Crippen molar-refractivity contribution < 1.29 is 14.4 Å². The monoisotopic (exact) mass is 715 g/mol. The molecule has 3 rings (SSSR count). The van der Waals surface area contributed by atoms with Crippen molar-refractivity contribution in [3.05, 3.63) is 51.7 Å². The van der Waals surface area contributed by atoms with E-state index in [4.69, 9.17) is 11.6 Å². The number of halogens is 1. The molecule has 0 atom stereocenters. The molecule has 14 heteroatoms. The highest BCUT2D eigenvalue weighted by Crippen LogP contribution is 2.28. The maximum Gasteiger partial charge on any atom is 0.267 e. The van der Waals surface area contributed by atoms with E-state index >= 15 is 0 Å². The number of amides is 3. The minimum absolute atomic E-state index is 0.0881. The number of hydrogen-bond acceptors (Lipinski definition) is 10. The first-order chi connectivity index (χ1) is 23.6. The van der Waals surface area contributed by atoms with E-state index in [0.717, 1.165) is 63.7 Å². The van der Waals surface area contributed by atoms with Crippen molar-refractivity contribution >= 4 is 63.1 Å². The van der Waals surface area contributed by atoms with E-state index in [1.165, 1.54) is 17.5 Å². The highest BCUT2D eigenvalue weighted by atomic mass is 35.5. The quantitative estimate of drug-likeness (QED) is 0.0738. The topological polar surface area (TPSA) is 153 Å². The van der Waals surface area contributed by atoms with Crippen LogP contribution in [0.4, 0.5) is 22.5 Å². The number of carbonyl (C=O) groups excluding carboxylic acids is 3. The zero-order valence-electron chi connectivity index (χ0n) is 29.9. The fraction of sp³-hybridized carbons (Fsp3) is 0.543. The maximum atomic E-state index is 12.8. The van der Waals surface area contributed by atoms with Crippen molar-refractivity contribution in [2.45, 2.75) is 86.0 Å². The van der Waals surface area contributed by atoms with Crippen molar-refractivity contribution in [1.29, 1.82) is 0 Å². The van der Waals surface area contributed by atoms with Gasteiger partial charge in [-0.3, -0.25) is 14.4 Å². The fourth-order valence-corrected chi connectivity index (χ4v) is 5.69. The number of nitrogens with one attached hydrogen (secondary N) is 5. The molecule has 5 N–H and O–H groups in total. The van der Waals surface area contributed by atoms with Crippen molar-refractivity contribution in [2.75, 3.05) is 55.7 Å². The standard InChI is InChI=1S/C33H48ClN9O3S.C2H6/c1-5-12-29(44)36-16-8-6-7-15-30(45)37-18-11-20-43(4)19-10-17-35-27-21-28(40-24(3)39-27)41-33-38-22-26(47-33)32(46)42-31-23(2)13-9-14-25(31)34;1-2/h9,13-14,21-22H,5-8,10-12,15-20H2,1-4H3,(H,36,44)(H,37,45)(H,42,46)(H2,35,38,39,40,41);1-2H3. The van der Waals surface area contributed by atoms with Crippen LogP contribution in [0.25, 0.3) is 0 Å². The third kappa shape index (κ3) is 16.4. The maximum absolute atomic E-state index is 12.8. The molecule has 49 heavy (non-hydrogen) atoms. The third-order valence-corrected chi connectivity index (χ3v) is 8.43. The second kappa shape index (κ2) is 23.5. The van der Waals surface area contributed by atoms with Crippen LogP contribution in [0.2, 0.25) is 5.02 Å². The Morgan fingerprint density at radius 1 is 0.878 bits per heavy atom. The number of hydrogen-bond donors (Lipinski definition) is 5. The minimum atomic E-state index is -0.281. The summed E-state index contributed by atoms with van der Waals surface area (Å²) in [5.74, 6) is 1.80. The number of aryl methyl sites for hydroxylation is 2. The number of carbonyl (C=O) groups is 3. The number of nitrogens with zero attached hydrogens (tertiary/aromatic N) is 4. The Morgan fingerprint density at radius 3 is 2.27 bits per heavy atom. The summed E-state index contributed by atoms with van der Waals surface area (Å²) in [4.78, 5) is 52.3. The van der Waals surface area contributed by atoms with Gasteiger partial charge in [-0.15, -0.1) is 0 Å². The van der Waals surface area contributed by atoms with Gasteiger partial charge in [0.2, 0.25) is 11.8 Å². The van der Waals surface area contributed by atoms with Crippen molar-refractivity contribution in [1.82, 2.24) is 30.5 Å². The van der Waals surface area contributed by atoms with Gasteiger partial charge >= 0.3 is 0 Å². The first kappa shape index (κ1) is 41.4. The van der Waals surface area contributed by atoms with Gasteiger partial charge < -0.3 is 31.5 Å². The molecular formula is C35H54ClN9O3S. The molecule has 0 aliphatic carbocycles. The van der Waals surface area contributed by atoms with Gasteiger partial charge in [0, 0.05) is 38.5 Å². The zero-order chi connectivity index (χ0) is 36.0. The predicted molar refractivity (Wildman–Crippen MR) is 202 cm³/mol. The first-order valence-corrected chi connectivity index (χ1v) is 18.4. The molecule has 0 saturated carbocycles. The molecule has 3 amide bonds. The SMILES string of the molecule is CC.CCCC(=O)NCCCCCC(=O)NCCCN(C)CCCNc1cc(Nc2ncc(C(=O)Nc3c(C)cccc3Cl)s2)nc(C)n1. The van der Waals surface area contributed by atoms with Gasteiger partial charge in [0.05, 0.1) is 16.9 Å². The van der Waals surface area contributed by atoms with Gasteiger partial charge in [0.1, 0.15) is 22.3 Å². The van der Waals surface area contributed by atoms with Gasteiger partial charge in [-0.1, -0.05) is 62.3 Å². The minimum Gasteiger partial charge on any atom is -0.370 e. The Hall–Kier alpha value is -3.81. The summed E-state index contributed by atoms with van der Waals surface area (Å²) in [6, 6.07) is 7.28. The van der Waals surface area contributed by atoms with Gasteiger partial charge in [0.15, 0.2) is 5.13 Å². The van der Waals surface area contributed by atoms with Crippen LogP contribution in [0.15, 0.2) is 30.5 Å². The lowest BCUT2D eigenvalue weighted by Gasteiger charge is -2.17. The summed E-state index contributed by atoms with van der Waals surface area (Å²) in [5.41, 5.74) is 1.47. The summed E-state index contributed by atoms with van der Waals surface area (Å²) in [5, 5.41) is 16.3. The Kier molecular flexibility index (Phi) is 19.9. The van der Waals surface area contributed by atoms with Crippen LogP contribution in [-0.4, -0.2) is 77.3 Å². The fourth-order valence-electron chi connectivity index (χ4n) is 4.71. The summed E-state index contributed by atoms with van der Waals surface area (Å²) >= 11 is 7.47. The average molecular weight is 716 g/mol. The number of anilines is 4. The van der Waals surface area contributed by atoms with E-state index < -0.39 is 0 Å². The summed E-state index contributed by atoms with van der Waals surface area (Å²) < 4.78 is 0. The molecule has 0 unspecified atom stereocenters. The largest absolute Gasteiger partial charge is 0.370 e. The van der Waals surface area contributed by atoms with E-state index in [1.54, 1.807) is 6.07 Å². The molecular weight excluding hydrogens is 662 g/mol. The molecule has 1 aromatic carbocycles. The number of aromatic nitrogens is 3. The van der Waals surface area contributed by atoms with E-state index in [-0.39, 0.29) is 17.7 Å². The highest BCUT2D eigenvalue weighted by Gasteiger charge is 2.15. The molecule has 0 aliphatic rings. The molecule has 0 fully saturated rings. The summed E-state index contributed by atoms with van der Waals surface area (Å²) in [6.45, 7) is 13.6. The van der Waals surface area contributed by atoms with Gasteiger partial charge in [-0.05, 0) is 77.7 Å². The Balaban J connectivity index is 0.00000409. The molecule has 270 valence electrons. The number of unbranched alkanes of at least 4 members (excludes halogenated alkanes) is 2. The van der Waals surface area contributed by atoms with Crippen LogP contribution in [-0.2, 0) is 9.59 Å². The van der Waals surface area contributed by atoms with Gasteiger partial charge in [-0.25, -0.2) is 15.0 Å². The molecule has 0 aliphatic heterocycles. The molecule has 2 heterocycles. The molecule has 3 aromatic rings. The summed E-state index contributed by atoms with van der Waals surface area (Å²) in [6.07, 6.45) is 7.95. The highest BCUT2D eigenvalue weighted by molar-refractivity contribution is 7.17. The summed E-state index contributed by atoms with van der Waals surface area (Å²) in [7, 11) is 2.08. The lowest BCUT2D eigenvalue weighted by molar-refractivity contribution is -0.122. The van der Waals surface area contributed by atoms with Crippen LogP contribution in [0.1, 0.15) is 93.2 Å². The second-order valence-corrected chi connectivity index (χ2v) is 12.9. The number of para-hydroxylation sites is 1.